The average molecular weight is 388 g/mol. The van der Waals surface area contributed by atoms with E-state index in [1.165, 1.54) is 23.3 Å². The number of hydrogen-bond donors (Lipinski definition) is 1. The van der Waals surface area contributed by atoms with Crippen LogP contribution >= 0.6 is 22.9 Å². The fourth-order valence-electron chi connectivity index (χ4n) is 1.92. The molecular weight excluding hydrogens is 370 g/mol. The molecule has 1 aromatic carbocycles. The first-order valence-electron chi connectivity index (χ1n) is 7.10. The first-order valence-corrected chi connectivity index (χ1v) is 9.37. The lowest BCUT2D eigenvalue weighted by molar-refractivity contribution is -0.120. The van der Waals surface area contributed by atoms with Crippen molar-refractivity contribution >= 4 is 45.2 Å². The van der Waals surface area contributed by atoms with Crippen LogP contribution in [-0.2, 0) is 26.7 Å². The minimum atomic E-state index is -1.68. The molecule has 2 aromatic rings. The number of nitrogens with zero attached hydrogens (tertiary/aromatic N) is 2. The van der Waals surface area contributed by atoms with Gasteiger partial charge in [0.05, 0.1) is 5.69 Å². The number of amides is 1. The molecule has 0 aliphatic carbocycles. The molecule has 0 aliphatic heterocycles. The Bertz CT molecular complexity index is 751. The maximum absolute atomic E-state index is 12.1. The Labute approximate surface area is 152 Å². The van der Waals surface area contributed by atoms with Gasteiger partial charge in [0.1, 0.15) is 6.61 Å². The zero-order valence-electron chi connectivity index (χ0n) is 13.5. The Balaban J connectivity index is 2.07. The summed E-state index contributed by atoms with van der Waals surface area (Å²) in [4.78, 5) is 19.0. The first-order chi connectivity index (χ1) is 11.4. The molecule has 0 saturated heterocycles. The van der Waals surface area contributed by atoms with Gasteiger partial charge in [0.25, 0.3) is 5.91 Å². The van der Waals surface area contributed by atoms with Crippen molar-refractivity contribution < 1.29 is 13.2 Å². The van der Waals surface area contributed by atoms with Crippen LogP contribution in [0.1, 0.15) is 16.1 Å². The SMILES string of the molecule is CNS(=O)OCC(=O)N(C)c1nc(C)c(Cc2cccc(Cl)c2)s1. The predicted molar refractivity (Wildman–Crippen MR) is 97.7 cm³/mol. The quantitative estimate of drug-likeness (QED) is 0.792. The van der Waals surface area contributed by atoms with Crippen LogP contribution in [0.2, 0.25) is 5.02 Å². The van der Waals surface area contributed by atoms with Crippen molar-refractivity contribution in [2.75, 3.05) is 25.6 Å². The summed E-state index contributed by atoms with van der Waals surface area (Å²) in [5.74, 6) is -0.318. The van der Waals surface area contributed by atoms with E-state index in [4.69, 9.17) is 15.8 Å². The van der Waals surface area contributed by atoms with Crippen LogP contribution in [0.3, 0.4) is 0 Å². The third-order valence-electron chi connectivity index (χ3n) is 3.25. The first kappa shape index (κ1) is 19.0. The van der Waals surface area contributed by atoms with E-state index in [0.717, 1.165) is 16.1 Å². The second kappa shape index (κ2) is 8.68. The van der Waals surface area contributed by atoms with Crippen LogP contribution in [0.25, 0.3) is 0 Å². The Morgan fingerprint density at radius 2 is 2.25 bits per heavy atom. The van der Waals surface area contributed by atoms with Gasteiger partial charge in [-0.15, -0.1) is 11.3 Å². The van der Waals surface area contributed by atoms with E-state index in [9.17, 15) is 9.00 Å². The third-order valence-corrected chi connectivity index (χ3v) is 5.39. The fourth-order valence-corrected chi connectivity index (χ4v) is 3.53. The lowest BCUT2D eigenvalue weighted by Gasteiger charge is -2.13. The molecule has 1 heterocycles. The maximum atomic E-state index is 12.1. The summed E-state index contributed by atoms with van der Waals surface area (Å²) >= 11 is 5.78. The van der Waals surface area contributed by atoms with Crippen molar-refractivity contribution in [3.63, 3.8) is 0 Å². The van der Waals surface area contributed by atoms with Crippen LogP contribution in [0.15, 0.2) is 24.3 Å². The summed E-state index contributed by atoms with van der Waals surface area (Å²) in [6.07, 6.45) is 0.701. The number of carbonyl (C=O) groups excluding carboxylic acids is 1. The molecule has 0 radical (unpaired) electrons. The number of likely N-dealkylation sites (N-methyl/N-ethyl adjacent to an activating group) is 1. The normalized spacial score (nSPS) is 12.2. The number of rotatable bonds is 7. The molecule has 1 N–H and O–H groups in total. The molecule has 0 aliphatic rings. The van der Waals surface area contributed by atoms with Crippen LogP contribution in [0.4, 0.5) is 5.13 Å². The molecule has 2 rings (SSSR count). The lowest BCUT2D eigenvalue weighted by Crippen LogP contribution is -2.31. The van der Waals surface area contributed by atoms with E-state index in [1.54, 1.807) is 7.05 Å². The number of benzene rings is 1. The molecule has 1 atom stereocenters. The second-order valence-electron chi connectivity index (χ2n) is 4.97. The number of halogens is 1. The molecule has 6 nitrogen and oxygen atoms in total. The molecule has 0 saturated carbocycles. The van der Waals surface area contributed by atoms with Gasteiger partial charge in [0, 0.05) is 23.4 Å². The van der Waals surface area contributed by atoms with Crippen molar-refractivity contribution in [2.45, 2.75) is 13.3 Å². The Hall–Kier alpha value is -1.32. The van der Waals surface area contributed by atoms with E-state index in [0.29, 0.717) is 16.6 Å². The van der Waals surface area contributed by atoms with Crippen molar-refractivity contribution in [1.82, 2.24) is 9.71 Å². The van der Waals surface area contributed by atoms with Gasteiger partial charge in [-0.3, -0.25) is 13.9 Å². The van der Waals surface area contributed by atoms with Gasteiger partial charge in [-0.1, -0.05) is 23.7 Å². The van der Waals surface area contributed by atoms with Crippen molar-refractivity contribution in [3.05, 3.63) is 45.4 Å². The molecule has 0 fully saturated rings. The largest absolute Gasteiger partial charge is 0.289 e. The van der Waals surface area contributed by atoms with E-state index < -0.39 is 11.3 Å². The highest BCUT2D eigenvalue weighted by Gasteiger charge is 2.18. The van der Waals surface area contributed by atoms with E-state index in [-0.39, 0.29) is 12.5 Å². The topological polar surface area (TPSA) is 71.5 Å². The fraction of sp³-hybridized carbons (Fsp3) is 0.333. The Kier molecular flexibility index (Phi) is 6.88. The molecular formula is C15H18ClN3O3S2. The van der Waals surface area contributed by atoms with Crippen molar-refractivity contribution in [2.24, 2.45) is 0 Å². The van der Waals surface area contributed by atoms with Gasteiger partial charge in [-0.2, -0.15) is 0 Å². The average Bonchev–Trinajstić information content (AvgIpc) is 2.92. The highest BCUT2D eigenvalue weighted by Crippen LogP contribution is 2.28. The maximum Gasteiger partial charge on any atom is 0.255 e. The van der Waals surface area contributed by atoms with Crippen molar-refractivity contribution in [3.8, 4) is 0 Å². The summed E-state index contributed by atoms with van der Waals surface area (Å²) in [6, 6.07) is 7.65. The summed E-state index contributed by atoms with van der Waals surface area (Å²) in [7, 11) is 3.10. The lowest BCUT2D eigenvalue weighted by atomic mass is 10.1. The number of carbonyl (C=O) groups is 1. The zero-order chi connectivity index (χ0) is 17.7. The van der Waals surface area contributed by atoms with Crippen LogP contribution in [-0.4, -0.2) is 35.8 Å². The predicted octanol–water partition coefficient (Wildman–Crippen LogP) is 2.47. The van der Waals surface area contributed by atoms with Gasteiger partial charge in [0.15, 0.2) is 5.13 Å². The highest BCUT2D eigenvalue weighted by atomic mass is 35.5. The van der Waals surface area contributed by atoms with Crippen LogP contribution in [0.5, 0.6) is 0 Å². The number of anilines is 1. The highest BCUT2D eigenvalue weighted by molar-refractivity contribution is 7.78. The zero-order valence-corrected chi connectivity index (χ0v) is 15.9. The summed E-state index contributed by atoms with van der Waals surface area (Å²) in [5, 5.41) is 1.27. The van der Waals surface area contributed by atoms with E-state index >= 15 is 0 Å². The number of aryl methyl sites for hydroxylation is 1. The second-order valence-corrected chi connectivity index (χ2v) is 7.58. The Morgan fingerprint density at radius 3 is 2.92 bits per heavy atom. The molecule has 1 unspecified atom stereocenters. The smallest absolute Gasteiger partial charge is 0.255 e. The van der Waals surface area contributed by atoms with Gasteiger partial charge in [0.2, 0.25) is 11.3 Å². The van der Waals surface area contributed by atoms with E-state index in [1.807, 2.05) is 31.2 Å². The van der Waals surface area contributed by atoms with Gasteiger partial charge in [-0.05, 0) is 31.7 Å². The Morgan fingerprint density at radius 1 is 1.50 bits per heavy atom. The molecule has 24 heavy (non-hydrogen) atoms. The van der Waals surface area contributed by atoms with Crippen LogP contribution < -0.4 is 9.62 Å². The van der Waals surface area contributed by atoms with Crippen LogP contribution in [0, 0.1) is 6.92 Å². The summed E-state index contributed by atoms with van der Waals surface area (Å²) in [6.45, 7) is 1.62. The summed E-state index contributed by atoms with van der Waals surface area (Å²) < 4.78 is 18.4. The monoisotopic (exact) mass is 387 g/mol. The molecule has 1 amide bonds. The van der Waals surface area contributed by atoms with Gasteiger partial charge >= 0.3 is 0 Å². The molecule has 130 valence electrons. The number of thiazole rings is 1. The molecule has 9 heteroatoms. The minimum Gasteiger partial charge on any atom is -0.289 e. The summed E-state index contributed by atoms with van der Waals surface area (Å²) in [5.41, 5.74) is 1.96. The van der Waals surface area contributed by atoms with Crippen molar-refractivity contribution in [1.29, 1.82) is 0 Å². The van der Waals surface area contributed by atoms with Gasteiger partial charge in [-0.25, -0.2) is 13.9 Å². The van der Waals surface area contributed by atoms with E-state index in [2.05, 4.69) is 9.71 Å². The molecule has 0 spiro atoms. The molecule has 0 bridgehead atoms. The minimum absolute atomic E-state index is 0.286. The number of aromatic nitrogens is 1. The number of hydrogen-bond acceptors (Lipinski definition) is 5. The third kappa shape index (κ3) is 5.09. The number of nitrogens with one attached hydrogen (secondary N) is 1. The van der Waals surface area contributed by atoms with Gasteiger partial charge < -0.3 is 0 Å². The molecule has 1 aromatic heterocycles. The standard InChI is InChI=1S/C15H18ClN3O3S2/c1-10-13(8-11-5-4-6-12(16)7-11)23-15(18-10)19(3)14(20)9-22-24(21)17-2/h4-7,17H,8-9H2,1-3H3.